The average molecular weight is 402 g/mol. The lowest BCUT2D eigenvalue weighted by molar-refractivity contribution is -0.148. The predicted molar refractivity (Wildman–Crippen MR) is 110 cm³/mol. The third-order valence-corrected chi connectivity index (χ3v) is 4.50. The molecule has 1 atom stereocenters. The lowest BCUT2D eigenvalue weighted by Gasteiger charge is -2.34. The van der Waals surface area contributed by atoms with Crippen LogP contribution < -0.4 is 10.1 Å². The number of nitrogens with zero attached hydrogens (tertiary/aromatic N) is 1. The summed E-state index contributed by atoms with van der Waals surface area (Å²) in [7, 11) is 0. The maximum Gasteiger partial charge on any atom is 0.308 e. The molecular formula is C22H30N2O5. The van der Waals surface area contributed by atoms with Gasteiger partial charge in [0.15, 0.2) is 0 Å². The van der Waals surface area contributed by atoms with E-state index in [4.69, 9.17) is 9.47 Å². The normalized spacial score (nSPS) is 16.3. The van der Waals surface area contributed by atoms with Crippen molar-refractivity contribution in [3.63, 3.8) is 0 Å². The van der Waals surface area contributed by atoms with Crippen molar-refractivity contribution in [1.82, 2.24) is 10.2 Å². The summed E-state index contributed by atoms with van der Waals surface area (Å²) < 4.78 is 10.8. The number of amides is 2. The van der Waals surface area contributed by atoms with Crippen molar-refractivity contribution in [2.75, 3.05) is 26.3 Å². The molecule has 1 N–H and O–H groups in total. The molecule has 0 bridgehead atoms. The fourth-order valence-corrected chi connectivity index (χ4v) is 2.85. The standard InChI is InChI=1S/C22H30N2O5/c1-15(2)9-12-28-20(25)13-19-21(26)23-10-11-24(19)22(27)17-5-7-18(8-6-17)29-14-16(3)4/h5-8,15,19H,3,9-14H2,1-2,4H3,(H,23,26). The van der Waals surface area contributed by atoms with Gasteiger partial charge >= 0.3 is 5.97 Å². The number of hydrogen-bond acceptors (Lipinski definition) is 5. The van der Waals surface area contributed by atoms with Crippen molar-refractivity contribution in [2.24, 2.45) is 5.92 Å². The second-order valence-electron chi connectivity index (χ2n) is 7.68. The van der Waals surface area contributed by atoms with Gasteiger partial charge in [0.2, 0.25) is 5.91 Å². The minimum Gasteiger partial charge on any atom is -0.489 e. The van der Waals surface area contributed by atoms with Crippen LogP contribution in [0.15, 0.2) is 36.4 Å². The molecule has 1 fully saturated rings. The quantitative estimate of drug-likeness (QED) is 0.507. The highest BCUT2D eigenvalue weighted by molar-refractivity contribution is 5.99. The van der Waals surface area contributed by atoms with Crippen LogP contribution in [0, 0.1) is 5.92 Å². The number of nitrogens with one attached hydrogen (secondary N) is 1. The Balaban J connectivity index is 2.03. The zero-order chi connectivity index (χ0) is 21.4. The molecule has 1 saturated heterocycles. The zero-order valence-corrected chi connectivity index (χ0v) is 17.4. The monoisotopic (exact) mass is 402 g/mol. The van der Waals surface area contributed by atoms with Crippen molar-refractivity contribution >= 4 is 17.8 Å². The van der Waals surface area contributed by atoms with E-state index in [0.717, 1.165) is 12.0 Å². The number of hydrogen-bond donors (Lipinski definition) is 1. The van der Waals surface area contributed by atoms with Gasteiger partial charge in [0, 0.05) is 18.7 Å². The lowest BCUT2D eigenvalue weighted by atomic mass is 10.1. The Morgan fingerprint density at radius 3 is 2.59 bits per heavy atom. The van der Waals surface area contributed by atoms with Gasteiger partial charge in [-0.05, 0) is 49.1 Å². The number of ether oxygens (including phenoxy) is 2. The first-order valence-electron chi connectivity index (χ1n) is 9.89. The van der Waals surface area contributed by atoms with E-state index in [2.05, 4.69) is 11.9 Å². The molecule has 1 aromatic rings. The number of piperazine rings is 1. The van der Waals surface area contributed by atoms with E-state index in [0.29, 0.717) is 43.5 Å². The number of esters is 1. The molecule has 1 heterocycles. The van der Waals surface area contributed by atoms with Crippen molar-refractivity contribution in [2.45, 2.75) is 39.7 Å². The SMILES string of the molecule is C=C(C)COc1ccc(C(=O)N2CCNC(=O)C2CC(=O)OCCC(C)C)cc1. The van der Waals surface area contributed by atoms with Gasteiger partial charge in [0.25, 0.3) is 5.91 Å². The minimum absolute atomic E-state index is 0.157. The van der Waals surface area contributed by atoms with Crippen molar-refractivity contribution in [3.8, 4) is 5.75 Å². The second kappa shape index (κ2) is 10.6. The first-order chi connectivity index (χ1) is 13.8. The summed E-state index contributed by atoms with van der Waals surface area (Å²) in [6, 6.07) is 5.84. The van der Waals surface area contributed by atoms with E-state index in [9.17, 15) is 14.4 Å². The number of carbonyl (C=O) groups excluding carboxylic acids is 3. The van der Waals surface area contributed by atoms with E-state index < -0.39 is 12.0 Å². The van der Waals surface area contributed by atoms with Crippen LogP contribution in [0.3, 0.4) is 0 Å². The minimum atomic E-state index is -0.873. The molecule has 158 valence electrons. The van der Waals surface area contributed by atoms with E-state index >= 15 is 0 Å². The van der Waals surface area contributed by atoms with Gasteiger partial charge in [-0.3, -0.25) is 14.4 Å². The van der Waals surface area contributed by atoms with E-state index in [1.165, 1.54) is 4.90 Å². The Hall–Kier alpha value is -2.83. The maximum atomic E-state index is 13.0. The van der Waals surface area contributed by atoms with Gasteiger partial charge < -0.3 is 19.7 Å². The highest BCUT2D eigenvalue weighted by Gasteiger charge is 2.35. The average Bonchev–Trinajstić information content (AvgIpc) is 2.67. The van der Waals surface area contributed by atoms with Crippen LogP contribution >= 0.6 is 0 Å². The molecule has 0 spiro atoms. The predicted octanol–water partition coefficient (Wildman–Crippen LogP) is 2.56. The highest BCUT2D eigenvalue weighted by Crippen LogP contribution is 2.18. The van der Waals surface area contributed by atoms with Crippen molar-refractivity contribution in [1.29, 1.82) is 0 Å². The molecule has 0 aromatic heterocycles. The molecule has 0 aliphatic carbocycles. The Kier molecular flexibility index (Phi) is 8.24. The smallest absolute Gasteiger partial charge is 0.308 e. The molecular weight excluding hydrogens is 372 g/mol. The maximum absolute atomic E-state index is 13.0. The van der Waals surface area contributed by atoms with E-state index in [1.807, 2.05) is 20.8 Å². The van der Waals surface area contributed by atoms with Crippen LogP contribution in [0.1, 0.15) is 44.0 Å². The Morgan fingerprint density at radius 1 is 1.28 bits per heavy atom. The summed E-state index contributed by atoms with van der Waals surface area (Å²) in [4.78, 5) is 38.9. The molecule has 7 heteroatoms. The third-order valence-electron chi connectivity index (χ3n) is 4.50. The summed E-state index contributed by atoms with van der Waals surface area (Å²) in [6.07, 6.45) is 0.598. The molecule has 1 unspecified atom stereocenters. The first kappa shape index (κ1) is 22.5. The summed E-state index contributed by atoms with van der Waals surface area (Å²) in [6.45, 7) is 11.1. The van der Waals surface area contributed by atoms with Crippen LogP contribution in [0.25, 0.3) is 0 Å². The first-order valence-corrected chi connectivity index (χ1v) is 9.89. The number of rotatable bonds is 9. The lowest BCUT2D eigenvalue weighted by Crippen LogP contribution is -2.57. The summed E-state index contributed by atoms with van der Waals surface area (Å²) >= 11 is 0. The molecule has 0 radical (unpaired) electrons. The van der Waals surface area contributed by atoms with Crippen LogP contribution in [0.2, 0.25) is 0 Å². The Bertz CT molecular complexity index is 742. The summed E-state index contributed by atoms with van der Waals surface area (Å²) in [5, 5.41) is 2.72. The molecule has 29 heavy (non-hydrogen) atoms. The fourth-order valence-electron chi connectivity index (χ4n) is 2.85. The van der Waals surface area contributed by atoms with Crippen molar-refractivity contribution < 1.29 is 23.9 Å². The Labute approximate surface area is 172 Å². The van der Waals surface area contributed by atoms with Crippen LogP contribution in [0.4, 0.5) is 0 Å². The van der Waals surface area contributed by atoms with Gasteiger partial charge in [0.1, 0.15) is 18.4 Å². The molecule has 0 saturated carbocycles. The van der Waals surface area contributed by atoms with Gasteiger partial charge in [-0.2, -0.15) is 0 Å². The molecule has 1 aromatic carbocycles. The van der Waals surface area contributed by atoms with E-state index in [1.54, 1.807) is 24.3 Å². The fraction of sp³-hybridized carbons (Fsp3) is 0.500. The van der Waals surface area contributed by atoms with Crippen LogP contribution in [-0.2, 0) is 14.3 Å². The topological polar surface area (TPSA) is 84.9 Å². The zero-order valence-electron chi connectivity index (χ0n) is 17.4. The van der Waals surface area contributed by atoms with Gasteiger partial charge in [-0.1, -0.05) is 20.4 Å². The van der Waals surface area contributed by atoms with E-state index in [-0.39, 0.29) is 18.2 Å². The van der Waals surface area contributed by atoms with Gasteiger partial charge in [0.05, 0.1) is 13.0 Å². The molecule has 2 amide bonds. The number of carbonyl (C=O) groups is 3. The Morgan fingerprint density at radius 2 is 1.97 bits per heavy atom. The summed E-state index contributed by atoms with van der Waals surface area (Å²) in [5.41, 5.74) is 1.33. The van der Waals surface area contributed by atoms with Gasteiger partial charge in [-0.25, -0.2) is 0 Å². The second-order valence-corrected chi connectivity index (χ2v) is 7.68. The largest absolute Gasteiger partial charge is 0.489 e. The number of benzene rings is 1. The van der Waals surface area contributed by atoms with Gasteiger partial charge in [-0.15, -0.1) is 0 Å². The van der Waals surface area contributed by atoms with Crippen LogP contribution in [-0.4, -0.2) is 55.0 Å². The molecule has 2 rings (SSSR count). The summed E-state index contributed by atoms with van der Waals surface area (Å²) in [5.74, 6) is -0.0698. The molecule has 1 aliphatic rings. The molecule has 7 nitrogen and oxygen atoms in total. The highest BCUT2D eigenvalue weighted by atomic mass is 16.5. The molecule has 1 aliphatic heterocycles. The van der Waals surface area contributed by atoms with Crippen LogP contribution in [0.5, 0.6) is 5.75 Å². The third kappa shape index (κ3) is 6.93. The van der Waals surface area contributed by atoms with Crippen molar-refractivity contribution in [3.05, 3.63) is 42.0 Å².